The molecule has 0 aliphatic carbocycles. The summed E-state index contributed by atoms with van der Waals surface area (Å²) in [7, 11) is 0. The van der Waals surface area contributed by atoms with Gasteiger partial charge in [-0.2, -0.15) is 0 Å². The molecule has 0 radical (unpaired) electrons. The molecule has 0 bridgehead atoms. The first kappa shape index (κ1) is 21.2. The number of anilines is 1. The van der Waals surface area contributed by atoms with Gasteiger partial charge in [0, 0.05) is 17.0 Å². The van der Waals surface area contributed by atoms with Crippen LogP contribution in [0.15, 0.2) is 53.9 Å². The van der Waals surface area contributed by atoms with E-state index in [2.05, 4.69) is 12.2 Å². The topological polar surface area (TPSA) is 98.5 Å². The molecule has 7 nitrogen and oxygen atoms in total. The van der Waals surface area contributed by atoms with Gasteiger partial charge < -0.3 is 10.1 Å². The SMILES string of the molecule is CCOC(=O)c1c(-c2ccc(CC)cc2)csc1NC(=O)c1ccccc1[N+](=O)[O-]. The van der Waals surface area contributed by atoms with Crippen molar-refractivity contribution in [3.8, 4) is 11.1 Å². The van der Waals surface area contributed by atoms with Gasteiger partial charge >= 0.3 is 5.97 Å². The van der Waals surface area contributed by atoms with Crippen LogP contribution in [-0.4, -0.2) is 23.4 Å². The van der Waals surface area contributed by atoms with Crippen LogP contribution in [0.1, 0.15) is 40.1 Å². The molecule has 3 rings (SSSR count). The highest BCUT2D eigenvalue weighted by Crippen LogP contribution is 2.37. The Hall–Kier alpha value is -3.52. The second-order valence-electron chi connectivity index (χ2n) is 6.35. The first-order valence-corrected chi connectivity index (χ1v) is 10.3. The maximum absolute atomic E-state index is 12.7. The molecule has 30 heavy (non-hydrogen) atoms. The molecular weight excluding hydrogens is 404 g/mol. The smallest absolute Gasteiger partial charge is 0.341 e. The summed E-state index contributed by atoms with van der Waals surface area (Å²) in [6, 6.07) is 13.5. The third-order valence-electron chi connectivity index (χ3n) is 4.52. The number of para-hydroxylation sites is 1. The van der Waals surface area contributed by atoms with Crippen LogP contribution >= 0.6 is 11.3 Å². The van der Waals surface area contributed by atoms with Crippen molar-refractivity contribution in [2.24, 2.45) is 0 Å². The van der Waals surface area contributed by atoms with Crippen molar-refractivity contribution >= 4 is 33.9 Å². The van der Waals surface area contributed by atoms with E-state index in [4.69, 9.17) is 4.74 Å². The van der Waals surface area contributed by atoms with E-state index >= 15 is 0 Å². The number of esters is 1. The lowest BCUT2D eigenvalue weighted by Gasteiger charge is -2.09. The zero-order chi connectivity index (χ0) is 21.7. The number of rotatable bonds is 7. The van der Waals surface area contributed by atoms with E-state index in [1.165, 1.54) is 29.5 Å². The normalized spacial score (nSPS) is 10.5. The predicted octanol–water partition coefficient (Wildman–Crippen LogP) is 5.31. The highest BCUT2D eigenvalue weighted by Gasteiger charge is 2.25. The van der Waals surface area contributed by atoms with Crippen LogP contribution in [0.5, 0.6) is 0 Å². The molecular formula is C22H20N2O5S. The summed E-state index contributed by atoms with van der Waals surface area (Å²) in [6.07, 6.45) is 0.895. The number of amides is 1. The highest BCUT2D eigenvalue weighted by molar-refractivity contribution is 7.15. The molecule has 0 aliphatic rings. The van der Waals surface area contributed by atoms with E-state index in [0.29, 0.717) is 5.56 Å². The van der Waals surface area contributed by atoms with Crippen LogP contribution < -0.4 is 5.32 Å². The van der Waals surface area contributed by atoms with Gasteiger partial charge in [0.2, 0.25) is 0 Å². The summed E-state index contributed by atoms with van der Waals surface area (Å²) in [5.74, 6) is -1.23. The molecule has 1 N–H and O–H groups in total. The van der Waals surface area contributed by atoms with Gasteiger partial charge in [-0.15, -0.1) is 11.3 Å². The standard InChI is InChI=1S/C22H20N2O5S/c1-3-14-9-11-15(12-10-14)17-13-30-21(19(17)22(26)29-4-2)23-20(25)16-7-5-6-8-18(16)24(27)28/h5-13H,3-4H2,1-2H3,(H,23,25). The van der Waals surface area contributed by atoms with Gasteiger partial charge in [-0.05, 0) is 30.5 Å². The molecule has 0 unspecified atom stereocenters. The second kappa shape index (κ2) is 9.32. The molecule has 0 saturated carbocycles. The molecule has 0 aliphatic heterocycles. The van der Waals surface area contributed by atoms with Gasteiger partial charge in [-0.1, -0.05) is 43.3 Å². The van der Waals surface area contributed by atoms with E-state index in [9.17, 15) is 19.7 Å². The number of hydrogen-bond donors (Lipinski definition) is 1. The van der Waals surface area contributed by atoms with Crippen LogP contribution in [-0.2, 0) is 11.2 Å². The molecule has 8 heteroatoms. The fourth-order valence-corrected chi connectivity index (χ4v) is 3.94. The number of nitrogens with zero attached hydrogens (tertiary/aromatic N) is 1. The number of thiophene rings is 1. The molecule has 1 amide bonds. The van der Waals surface area contributed by atoms with E-state index < -0.39 is 16.8 Å². The van der Waals surface area contributed by atoms with Crippen molar-refractivity contribution in [3.63, 3.8) is 0 Å². The molecule has 154 valence electrons. The lowest BCUT2D eigenvalue weighted by Crippen LogP contribution is -2.16. The van der Waals surface area contributed by atoms with E-state index in [1.54, 1.807) is 18.4 Å². The van der Waals surface area contributed by atoms with E-state index in [-0.39, 0.29) is 28.4 Å². The van der Waals surface area contributed by atoms with Gasteiger partial charge in [-0.25, -0.2) is 4.79 Å². The highest BCUT2D eigenvalue weighted by atomic mass is 32.1. The largest absolute Gasteiger partial charge is 0.462 e. The number of benzene rings is 2. The Kier molecular flexibility index (Phi) is 6.58. The zero-order valence-corrected chi connectivity index (χ0v) is 17.3. The number of aryl methyl sites for hydroxylation is 1. The van der Waals surface area contributed by atoms with Crippen molar-refractivity contribution in [1.29, 1.82) is 0 Å². The number of carbonyl (C=O) groups is 2. The first-order chi connectivity index (χ1) is 14.5. The number of nitro benzene ring substituents is 1. The molecule has 0 atom stereocenters. The second-order valence-corrected chi connectivity index (χ2v) is 7.23. The number of nitrogens with one attached hydrogen (secondary N) is 1. The maximum atomic E-state index is 12.7. The Balaban J connectivity index is 2.00. The third-order valence-corrected chi connectivity index (χ3v) is 5.41. The van der Waals surface area contributed by atoms with Crippen molar-refractivity contribution in [2.45, 2.75) is 20.3 Å². The van der Waals surface area contributed by atoms with Crippen LogP contribution in [0.3, 0.4) is 0 Å². The number of nitro groups is 1. The van der Waals surface area contributed by atoms with Crippen molar-refractivity contribution < 1.29 is 19.2 Å². The van der Waals surface area contributed by atoms with Crippen molar-refractivity contribution in [2.75, 3.05) is 11.9 Å². The number of hydrogen-bond acceptors (Lipinski definition) is 6. The minimum absolute atomic E-state index is 0.0837. The fraction of sp³-hybridized carbons (Fsp3) is 0.182. The summed E-state index contributed by atoms with van der Waals surface area (Å²) >= 11 is 1.17. The Morgan fingerprint density at radius 1 is 1.10 bits per heavy atom. The summed E-state index contributed by atoms with van der Waals surface area (Å²) in [4.78, 5) is 36.0. The van der Waals surface area contributed by atoms with Crippen molar-refractivity contribution in [1.82, 2.24) is 0 Å². The minimum Gasteiger partial charge on any atom is -0.462 e. The zero-order valence-electron chi connectivity index (χ0n) is 16.5. The van der Waals surface area contributed by atoms with Gasteiger partial charge in [-0.3, -0.25) is 14.9 Å². The van der Waals surface area contributed by atoms with Gasteiger partial charge in [0.15, 0.2) is 0 Å². The molecule has 2 aromatic carbocycles. The van der Waals surface area contributed by atoms with Crippen LogP contribution in [0.2, 0.25) is 0 Å². The third kappa shape index (κ3) is 4.38. The molecule has 0 saturated heterocycles. The maximum Gasteiger partial charge on any atom is 0.341 e. The molecule has 0 fully saturated rings. The molecule has 0 spiro atoms. The van der Waals surface area contributed by atoms with Crippen LogP contribution in [0.4, 0.5) is 10.7 Å². The Morgan fingerprint density at radius 2 is 1.80 bits per heavy atom. The summed E-state index contributed by atoms with van der Waals surface area (Å²) in [6.45, 7) is 3.94. The van der Waals surface area contributed by atoms with Crippen molar-refractivity contribution in [3.05, 3.63) is 80.7 Å². The van der Waals surface area contributed by atoms with E-state index in [0.717, 1.165) is 17.5 Å². The van der Waals surface area contributed by atoms with Gasteiger partial charge in [0.25, 0.3) is 11.6 Å². The number of ether oxygens (including phenoxy) is 1. The summed E-state index contributed by atoms with van der Waals surface area (Å²) < 4.78 is 5.19. The average Bonchev–Trinajstić information content (AvgIpc) is 3.17. The van der Waals surface area contributed by atoms with Gasteiger partial charge in [0.05, 0.1) is 11.5 Å². The molecule has 1 aromatic heterocycles. The lowest BCUT2D eigenvalue weighted by molar-refractivity contribution is -0.385. The molecule has 1 heterocycles. The minimum atomic E-state index is -0.664. The van der Waals surface area contributed by atoms with Crippen LogP contribution in [0, 0.1) is 10.1 Å². The first-order valence-electron chi connectivity index (χ1n) is 9.38. The van der Waals surface area contributed by atoms with Crippen LogP contribution in [0.25, 0.3) is 11.1 Å². The monoisotopic (exact) mass is 424 g/mol. The van der Waals surface area contributed by atoms with Gasteiger partial charge in [0.1, 0.15) is 16.1 Å². The Bertz CT molecular complexity index is 1090. The Labute approximate surface area is 177 Å². The number of carbonyl (C=O) groups excluding carboxylic acids is 2. The average molecular weight is 424 g/mol. The Morgan fingerprint density at radius 3 is 2.43 bits per heavy atom. The lowest BCUT2D eigenvalue weighted by atomic mass is 10.0. The quantitative estimate of drug-likeness (QED) is 0.315. The predicted molar refractivity (Wildman–Crippen MR) is 116 cm³/mol. The summed E-state index contributed by atoms with van der Waals surface area (Å²) in [5, 5.41) is 15.9. The molecule has 3 aromatic rings. The fourth-order valence-electron chi connectivity index (χ4n) is 2.98. The van der Waals surface area contributed by atoms with E-state index in [1.807, 2.05) is 24.3 Å². The summed E-state index contributed by atoms with van der Waals surface area (Å²) in [5.41, 5.74) is 2.46.